The first-order valence-electron chi connectivity index (χ1n) is 5.93. The summed E-state index contributed by atoms with van der Waals surface area (Å²) >= 11 is 8.29. The highest BCUT2D eigenvalue weighted by molar-refractivity contribution is 14.1. The summed E-state index contributed by atoms with van der Waals surface area (Å²) in [6, 6.07) is 5.67. The fraction of sp³-hybridized carbons (Fsp3) is 0.462. The van der Waals surface area contributed by atoms with Gasteiger partial charge in [-0.3, -0.25) is 4.79 Å². The lowest BCUT2D eigenvalue weighted by atomic mass is 9.88. The molecule has 1 aliphatic carbocycles. The predicted octanol–water partition coefficient (Wildman–Crippen LogP) is 4.46. The SMILES string of the molecule is O=C(Nc1ccc(I)cc1Cl)C1CCCCC1. The molecule has 0 unspecified atom stereocenters. The summed E-state index contributed by atoms with van der Waals surface area (Å²) in [7, 11) is 0. The van der Waals surface area contributed by atoms with Crippen LogP contribution in [0, 0.1) is 9.49 Å². The van der Waals surface area contributed by atoms with Crippen LogP contribution in [0.2, 0.25) is 5.02 Å². The van der Waals surface area contributed by atoms with Crippen LogP contribution >= 0.6 is 34.2 Å². The van der Waals surface area contributed by atoms with Crippen LogP contribution < -0.4 is 5.32 Å². The second-order valence-electron chi connectivity index (χ2n) is 4.45. The number of hydrogen-bond acceptors (Lipinski definition) is 1. The van der Waals surface area contributed by atoms with Crippen molar-refractivity contribution in [1.29, 1.82) is 0 Å². The van der Waals surface area contributed by atoms with E-state index < -0.39 is 0 Å². The Balaban J connectivity index is 2.02. The van der Waals surface area contributed by atoms with Crippen molar-refractivity contribution in [3.8, 4) is 0 Å². The second-order valence-corrected chi connectivity index (χ2v) is 6.10. The van der Waals surface area contributed by atoms with Crippen molar-refractivity contribution in [2.45, 2.75) is 32.1 Å². The average Bonchev–Trinajstić information content (AvgIpc) is 2.34. The molecule has 0 saturated heterocycles. The van der Waals surface area contributed by atoms with Crippen molar-refractivity contribution >= 4 is 45.8 Å². The standard InChI is InChI=1S/C13H15ClINO/c14-11-8-10(15)6-7-12(11)16-13(17)9-4-2-1-3-5-9/h6-9H,1-5H2,(H,16,17). The number of rotatable bonds is 2. The molecular formula is C13H15ClINO. The zero-order chi connectivity index (χ0) is 12.3. The summed E-state index contributed by atoms with van der Waals surface area (Å²) in [4.78, 5) is 12.0. The summed E-state index contributed by atoms with van der Waals surface area (Å²) < 4.78 is 1.07. The van der Waals surface area contributed by atoms with Crippen LogP contribution in [-0.2, 0) is 4.79 Å². The first-order chi connectivity index (χ1) is 8.16. The Morgan fingerprint density at radius 1 is 1.29 bits per heavy atom. The smallest absolute Gasteiger partial charge is 0.227 e. The lowest BCUT2D eigenvalue weighted by Crippen LogP contribution is -2.24. The zero-order valence-electron chi connectivity index (χ0n) is 9.51. The molecule has 92 valence electrons. The van der Waals surface area contributed by atoms with Crippen molar-refractivity contribution in [1.82, 2.24) is 0 Å². The van der Waals surface area contributed by atoms with Gasteiger partial charge in [0.1, 0.15) is 0 Å². The lowest BCUT2D eigenvalue weighted by molar-refractivity contribution is -0.120. The molecule has 17 heavy (non-hydrogen) atoms. The zero-order valence-corrected chi connectivity index (χ0v) is 12.4. The molecule has 0 aliphatic heterocycles. The Morgan fingerprint density at radius 3 is 2.65 bits per heavy atom. The molecule has 1 N–H and O–H groups in total. The number of carbonyl (C=O) groups is 1. The van der Waals surface area contributed by atoms with E-state index in [-0.39, 0.29) is 11.8 Å². The van der Waals surface area contributed by atoms with Gasteiger partial charge in [0.05, 0.1) is 10.7 Å². The molecule has 1 aromatic carbocycles. The van der Waals surface area contributed by atoms with E-state index in [9.17, 15) is 4.79 Å². The molecule has 0 aromatic heterocycles. The Labute approximate surface area is 120 Å². The summed E-state index contributed by atoms with van der Waals surface area (Å²) in [6.07, 6.45) is 5.60. The van der Waals surface area contributed by atoms with Gasteiger partial charge in [-0.1, -0.05) is 30.9 Å². The minimum atomic E-state index is 0.118. The number of carbonyl (C=O) groups excluding carboxylic acids is 1. The average molecular weight is 364 g/mol. The van der Waals surface area contributed by atoms with E-state index in [1.807, 2.05) is 18.2 Å². The topological polar surface area (TPSA) is 29.1 Å². The third-order valence-corrected chi connectivity index (χ3v) is 4.15. The Hall–Kier alpha value is -0.290. The van der Waals surface area contributed by atoms with Gasteiger partial charge in [-0.2, -0.15) is 0 Å². The van der Waals surface area contributed by atoms with E-state index in [1.54, 1.807) is 0 Å². The molecule has 0 spiro atoms. The molecular weight excluding hydrogens is 349 g/mol. The first kappa shape index (κ1) is 13.1. The largest absolute Gasteiger partial charge is 0.325 e. The van der Waals surface area contributed by atoms with Crippen molar-refractivity contribution in [3.63, 3.8) is 0 Å². The van der Waals surface area contributed by atoms with E-state index >= 15 is 0 Å². The molecule has 2 rings (SSSR count). The molecule has 1 aromatic rings. The number of hydrogen-bond donors (Lipinski definition) is 1. The van der Waals surface area contributed by atoms with Crippen LogP contribution in [0.1, 0.15) is 32.1 Å². The molecule has 0 radical (unpaired) electrons. The van der Waals surface area contributed by atoms with Crippen LogP contribution in [0.4, 0.5) is 5.69 Å². The maximum Gasteiger partial charge on any atom is 0.227 e. The highest BCUT2D eigenvalue weighted by Gasteiger charge is 2.21. The molecule has 1 aliphatic rings. The summed E-state index contributed by atoms with van der Waals surface area (Å²) in [5.41, 5.74) is 0.725. The molecule has 0 atom stereocenters. The molecule has 0 bridgehead atoms. The summed E-state index contributed by atoms with van der Waals surface area (Å²) in [5.74, 6) is 0.284. The van der Waals surface area contributed by atoms with Gasteiger partial charge < -0.3 is 5.32 Å². The van der Waals surface area contributed by atoms with E-state index in [0.717, 1.165) is 22.1 Å². The second kappa shape index (κ2) is 6.05. The van der Waals surface area contributed by atoms with Gasteiger partial charge in [-0.15, -0.1) is 0 Å². The maximum absolute atomic E-state index is 12.0. The molecule has 4 heteroatoms. The van der Waals surface area contributed by atoms with Gasteiger partial charge in [0, 0.05) is 9.49 Å². The Kier molecular flexibility index (Phi) is 4.68. The van der Waals surface area contributed by atoms with Crippen molar-refractivity contribution in [3.05, 3.63) is 26.8 Å². The number of benzene rings is 1. The minimum Gasteiger partial charge on any atom is -0.325 e. The van der Waals surface area contributed by atoms with Crippen molar-refractivity contribution in [2.24, 2.45) is 5.92 Å². The van der Waals surface area contributed by atoms with E-state index in [2.05, 4.69) is 27.9 Å². The summed E-state index contributed by atoms with van der Waals surface area (Å²) in [6.45, 7) is 0. The first-order valence-corrected chi connectivity index (χ1v) is 7.38. The van der Waals surface area contributed by atoms with E-state index in [1.165, 1.54) is 19.3 Å². The third-order valence-electron chi connectivity index (χ3n) is 3.16. The van der Waals surface area contributed by atoms with Gasteiger partial charge in [0.15, 0.2) is 0 Å². The van der Waals surface area contributed by atoms with Gasteiger partial charge in [0.25, 0.3) is 0 Å². The van der Waals surface area contributed by atoms with E-state index in [0.29, 0.717) is 5.02 Å². The monoisotopic (exact) mass is 363 g/mol. The van der Waals surface area contributed by atoms with E-state index in [4.69, 9.17) is 11.6 Å². The molecule has 1 amide bonds. The quantitative estimate of drug-likeness (QED) is 0.772. The molecule has 0 heterocycles. The highest BCUT2D eigenvalue weighted by atomic mass is 127. The Morgan fingerprint density at radius 2 is 2.00 bits per heavy atom. The van der Waals surface area contributed by atoms with Gasteiger partial charge >= 0.3 is 0 Å². The van der Waals surface area contributed by atoms with Crippen LogP contribution in [-0.4, -0.2) is 5.91 Å². The van der Waals surface area contributed by atoms with Gasteiger partial charge in [-0.25, -0.2) is 0 Å². The minimum absolute atomic E-state index is 0.118. The van der Waals surface area contributed by atoms with Crippen LogP contribution in [0.15, 0.2) is 18.2 Å². The van der Waals surface area contributed by atoms with Crippen molar-refractivity contribution in [2.75, 3.05) is 5.32 Å². The molecule has 1 fully saturated rings. The molecule has 2 nitrogen and oxygen atoms in total. The maximum atomic E-state index is 12.0. The fourth-order valence-electron chi connectivity index (χ4n) is 2.19. The van der Waals surface area contributed by atoms with Gasteiger partial charge in [-0.05, 0) is 53.6 Å². The van der Waals surface area contributed by atoms with Gasteiger partial charge in [0.2, 0.25) is 5.91 Å². The lowest BCUT2D eigenvalue weighted by Gasteiger charge is -2.21. The number of nitrogens with one attached hydrogen (secondary N) is 1. The third kappa shape index (κ3) is 3.58. The normalized spacial score (nSPS) is 16.8. The van der Waals surface area contributed by atoms with Crippen molar-refractivity contribution < 1.29 is 4.79 Å². The Bertz CT molecular complexity index is 416. The van der Waals surface area contributed by atoms with Crippen LogP contribution in [0.25, 0.3) is 0 Å². The van der Waals surface area contributed by atoms with Crippen LogP contribution in [0.5, 0.6) is 0 Å². The number of halogens is 2. The number of amides is 1. The highest BCUT2D eigenvalue weighted by Crippen LogP contribution is 2.28. The summed E-state index contributed by atoms with van der Waals surface area (Å²) in [5, 5.41) is 3.55. The van der Waals surface area contributed by atoms with Crippen LogP contribution in [0.3, 0.4) is 0 Å². The number of anilines is 1. The predicted molar refractivity (Wildman–Crippen MR) is 79.4 cm³/mol. The fourth-order valence-corrected chi connectivity index (χ4v) is 3.09. The molecule has 1 saturated carbocycles.